The first-order valence-electron chi connectivity index (χ1n) is 3.14. The molecule has 6 heteroatoms. The standard InChI is InChI=1S/C6H9N3O2.Co/c7-5(6(10)11)1-4-2-8-3-9-4;/h2-3,5H,1,7H2,(H,8,9)(H,10,11);/q;+2/p-1/t5-;/m0./s1. The second-order valence-electron chi connectivity index (χ2n) is 2.21. The Morgan fingerprint density at radius 3 is 2.92 bits per heavy atom. The van der Waals surface area contributed by atoms with Crippen LogP contribution in [0.15, 0.2) is 12.5 Å². The summed E-state index contributed by atoms with van der Waals surface area (Å²) < 4.78 is 0. The molecule has 12 heavy (non-hydrogen) atoms. The van der Waals surface area contributed by atoms with E-state index in [-0.39, 0.29) is 23.2 Å². The van der Waals surface area contributed by atoms with E-state index in [9.17, 15) is 9.90 Å². The van der Waals surface area contributed by atoms with Gasteiger partial charge >= 0.3 is 16.8 Å². The minimum Gasteiger partial charge on any atom is -0.548 e. The van der Waals surface area contributed by atoms with Crippen LogP contribution in [0.3, 0.4) is 0 Å². The zero-order valence-corrected chi connectivity index (χ0v) is 7.15. The van der Waals surface area contributed by atoms with Crippen molar-refractivity contribution in [2.45, 2.75) is 12.5 Å². The van der Waals surface area contributed by atoms with Crippen LogP contribution in [0.25, 0.3) is 0 Å². The number of carbonyl (C=O) groups excluding carboxylic acids is 1. The number of carbonyl (C=O) groups is 1. The molecule has 67 valence electrons. The van der Waals surface area contributed by atoms with E-state index in [2.05, 4.69) is 9.97 Å². The first-order chi connectivity index (χ1) is 5.20. The summed E-state index contributed by atoms with van der Waals surface area (Å²) in [5.74, 6) is -1.25. The summed E-state index contributed by atoms with van der Waals surface area (Å²) in [5, 5.41) is 10.2. The van der Waals surface area contributed by atoms with Crippen LogP contribution in [0.1, 0.15) is 5.69 Å². The molecule has 1 rings (SSSR count). The monoisotopic (exact) mass is 213 g/mol. The Balaban J connectivity index is 0.00000121. The van der Waals surface area contributed by atoms with Gasteiger partial charge in [0.15, 0.2) is 0 Å². The van der Waals surface area contributed by atoms with E-state index in [1.165, 1.54) is 12.5 Å². The molecule has 1 aromatic heterocycles. The second kappa shape index (κ2) is 4.91. The molecule has 1 heterocycles. The van der Waals surface area contributed by atoms with Gasteiger partial charge in [-0.3, -0.25) is 0 Å². The SMILES string of the molecule is N[C@@H](Cc1cnc[nH]1)C(=O)[O-].[Co+2]. The summed E-state index contributed by atoms with van der Waals surface area (Å²) in [6.07, 6.45) is 3.22. The largest absolute Gasteiger partial charge is 2.00 e. The Morgan fingerprint density at radius 2 is 2.50 bits per heavy atom. The van der Waals surface area contributed by atoms with E-state index >= 15 is 0 Å². The topological polar surface area (TPSA) is 94.8 Å². The first-order valence-corrected chi connectivity index (χ1v) is 3.14. The molecule has 0 bridgehead atoms. The zero-order valence-electron chi connectivity index (χ0n) is 6.11. The van der Waals surface area contributed by atoms with Gasteiger partial charge < -0.3 is 20.6 Å². The fourth-order valence-electron chi connectivity index (χ4n) is 0.717. The van der Waals surface area contributed by atoms with Gasteiger partial charge in [0.1, 0.15) is 0 Å². The summed E-state index contributed by atoms with van der Waals surface area (Å²) in [6, 6.07) is -0.963. The van der Waals surface area contributed by atoms with E-state index in [4.69, 9.17) is 5.73 Å². The smallest absolute Gasteiger partial charge is 0.548 e. The molecular formula is C6H8CoN3O2+. The molecule has 0 aromatic carbocycles. The van der Waals surface area contributed by atoms with Gasteiger partial charge in [-0.1, -0.05) is 0 Å². The summed E-state index contributed by atoms with van der Waals surface area (Å²) in [6.45, 7) is 0. The van der Waals surface area contributed by atoms with Gasteiger partial charge in [-0.05, 0) is 0 Å². The van der Waals surface area contributed by atoms with E-state index in [0.717, 1.165) is 0 Å². The summed E-state index contributed by atoms with van der Waals surface area (Å²) >= 11 is 0. The van der Waals surface area contributed by atoms with Crippen molar-refractivity contribution in [2.75, 3.05) is 0 Å². The molecule has 0 spiro atoms. The van der Waals surface area contributed by atoms with Crippen LogP contribution in [0.5, 0.6) is 0 Å². The molecule has 1 radical (unpaired) electrons. The Morgan fingerprint density at radius 1 is 1.83 bits per heavy atom. The molecule has 0 saturated heterocycles. The fraction of sp³-hybridized carbons (Fsp3) is 0.333. The summed E-state index contributed by atoms with van der Waals surface area (Å²) in [4.78, 5) is 16.6. The maximum absolute atomic E-state index is 10.2. The van der Waals surface area contributed by atoms with Crippen molar-refractivity contribution in [1.82, 2.24) is 9.97 Å². The van der Waals surface area contributed by atoms with Crippen molar-refractivity contribution in [1.29, 1.82) is 0 Å². The van der Waals surface area contributed by atoms with Gasteiger partial charge in [0.25, 0.3) is 0 Å². The molecule has 1 aromatic rings. The number of hydrogen-bond acceptors (Lipinski definition) is 4. The van der Waals surface area contributed by atoms with Gasteiger partial charge in [0, 0.05) is 24.4 Å². The molecule has 0 saturated carbocycles. The van der Waals surface area contributed by atoms with Crippen molar-refractivity contribution in [3.05, 3.63) is 18.2 Å². The number of hydrogen-bond donors (Lipinski definition) is 2. The normalized spacial score (nSPS) is 11.8. The first kappa shape index (κ1) is 11.1. The Kier molecular flexibility index (Phi) is 4.56. The number of nitrogens with zero attached hydrogens (tertiary/aromatic N) is 1. The average molecular weight is 213 g/mol. The fourth-order valence-corrected chi connectivity index (χ4v) is 0.717. The number of carboxylic acids is 1. The number of aromatic amines is 1. The van der Waals surface area contributed by atoms with E-state index in [1.807, 2.05) is 0 Å². The number of H-pyrrole nitrogens is 1. The van der Waals surface area contributed by atoms with Crippen LogP contribution < -0.4 is 10.8 Å². The van der Waals surface area contributed by atoms with Gasteiger partial charge in [0.2, 0.25) is 0 Å². The quantitative estimate of drug-likeness (QED) is 0.608. The van der Waals surface area contributed by atoms with Gasteiger partial charge in [-0.15, -0.1) is 0 Å². The third kappa shape index (κ3) is 3.03. The molecule has 0 aliphatic heterocycles. The molecule has 5 nitrogen and oxygen atoms in total. The van der Waals surface area contributed by atoms with Crippen molar-refractivity contribution in [2.24, 2.45) is 5.73 Å². The predicted molar refractivity (Wildman–Crippen MR) is 35.3 cm³/mol. The summed E-state index contributed by atoms with van der Waals surface area (Å²) in [7, 11) is 0. The summed E-state index contributed by atoms with van der Waals surface area (Å²) in [5.41, 5.74) is 5.89. The van der Waals surface area contributed by atoms with Gasteiger partial charge in [0.05, 0.1) is 12.3 Å². The Labute approximate surface area is 79.6 Å². The molecular weight excluding hydrogens is 205 g/mol. The third-order valence-electron chi connectivity index (χ3n) is 1.30. The van der Waals surface area contributed by atoms with Crippen LogP contribution in [0, 0.1) is 0 Å². The number of nitrogens with one attached hydrogen (secondary N) is 1. The molecule has 0 aliphatic rings. The third-order valence-corrected chi connectivity index (χ3v) is 1.30. The number of imidazole rings is 1. The molecule has 3 N–H and O–H groups in total. The predicted octanol–water partition coefficient (Wildman–Crippen LogP) is -1.97. The van der Waals surface area contributed by atoms with Crippen molar-refractivity contribution < 1.29 is 26.7 Å². The minimum absolute atomic E-state index is 0. The van der Waals surface area contributed by atoms with Crippen LogP contribution in [-0.2, 0) is 28.0 Å². The van der Waals surface area contributed by atoms with E-state index in [1.54, 1.807) is 0 Å². The second-order valence-corrected chi connectivity index (χ2v) is 2.21. The van der Waals surface area contributed by atoms with Crippen LogP contribution in [-0.4, -0.2) is 22.0 Å². The molecule has 1 atom stereocenters. The number of aliphatic carboxylic acids is 1. The van der Waals surface area contributed by atoms with Crippen LogP contribution in [0.4, 0.5) is 0 Å². The van der Waals surface area contributed by atoms with Crippen molar-refractivity contribution in [3.63, 3.8) is 0 Å². The number of nitrogens with two attached hydrogens (primary N) is 1. The maximum Gasteiger partial charge on any atom is 2.00 e. The average Bonchev–Trinajstić information content (AvgIpc) is 2.39. The maximum atomic E-state index is 10.2. The zero-order chi connectivity index (χ0) is 8.27. The van der Waals surface area contributed by atoms with Gasteiger partial charge in [-0.25, -0.2) is 4.98 Å². The van der Waals surface area contributed by atoms with E-state index < -0.39 is 12.0 Å². The van der Waals surface area contributed by atoms with Crippen LogP contribution >= 0.6 is 0 Å². The number of carboxylic acid groups (broad SMARTS) is 1. The van der Waals surface area contributed by atoms with Gasteiger partial charge in [-0.2, -0.15) is 0 Å². The van der Waals surface area contributed by atoms with E-state index in [0.29, 0.717) is 5.69 Å². The molecule has 0 aliphatic carbocycles. The van der Waals surface area contributed by atoms with Crippen LogP contribution in [0.2, 0.25) is 0 Å². The Hall–Kier alpha value is -0.854. The number of aromatic nitrogens is 2. The molecule has 0 fully saturated rings. The number of rotatable bonds is 3. The Bertz CT molecular complexity index is 237. The van der Waals surface area contributed by atoms with Crippen molar-refractivity contribution in [3.8, 4) is 0 Å². The minimum atomic E-state index is -1.25. The molecule has 0 amide bonds. The molecule has 0 unspecified atom stereocenters. The van der Waals surface area contributed by atoms with Crippen molar-refractivity contribution >= 4 is 5.97 Å².